The molecule has 156 valence electrons. The maximum atomic E-state index is 12.9. The van der Waals surface area contributed by atoms with Crippen LogP contribution in [-0.2, 0) is 17.8 Å². The molecule has 31 heavy (non-hydrogen) atoms. The van der Waals surface area contributed by atoms with Gasteiger partial charge in [0.25, 0.3) is 5.91 Å². The van der Waals surface area contributed by atoms with Gasteiger partial charge in [-0.3, -0.25) is 9.59 Å². The third-order valence-electron chi connectivity index (χ3n) is 5.34. The number of halogens is 1. The Kier molecular flexibility index (Phi) is 5.25. The smallest absolute Gasteiger partial charge is 0.256 e. The lowest BCUT2D eigenvalue weighted by atomic mass is 10.0. The number of para-hydroxylation sites is 1. The van der Waals surface area contributed by atoms with Crippen LogP contribution in [0.3, 0.4) is 0 Å². The Bertz CT molecular complexity index is 1280. The minimum absolute atomic E-state index is 0.0623. The summed E-state index contributed by atoms with van der Waals surface area (Å²) in [5.74, 6) is -0.131. The number of nitrogens with zero attached hydrogens (tertiary/aromatic N) is 2. The minimum Gasteiger partial charge on any atom is -0.337 e. The second-order valence-electron chi connectivity index (χ2n) is 7.35. The number of amides is 2. The number of thiophene rings is 1. The van der Waals surface area contributed by atoms with Crippen LogP contribution in [0.25, 0.3) is 20.8 Å². The summed E-state index contributed by atoms with van der Waals surface area (Å²) in [6, 6.07) is 14.9. The van der Waals surface area contributed by atoms with Crippen molar-refractivity contribution in [2.75, 3.05) is 11.9 Å². The van der Waals surface area contributed by atoms with Crippen LogP contribution in [0.5, 0.6) is 0 Å². The van der Waals surface area contributed by atoms with Crippen molar-refractivity contribution in [2.24, 2.45) is 0 Å². The molecule has 0 spiro atoms. The number of benzene rings is 2. The van der Waals surface area contributed by atoms with Crippen molar-refractivity contribution >= 4 is 61.3 Å². The summed E-state index contributed by atoms with van der Waals surface area (Å²) in [7, 11) is 0. The third kappa shape index (κ3) is 3.84. The summed E-state index contributed by atoms with van der Waals surface area (Å²) in [6.45, 7) is 2.82. The maximum Gasteiger partial charge on any atom is 0.256 e. The summed E-state index contributed by atoms with van der Waals surface area (Å²) in [6.07, 6.45) is 0.744. The number of aromatic nitrogens is 1. The second kappa shape index (κ2) is 8.07. The molecule has 0 unspecified atom stereocenters. The number of carbonyl (C=O) groups excluding carboxylic acids is 2. The number of carbonyl (C=O) groups is 2. The van der Waals surface area contributed by atoms with E-state index in [9.17, 15) is 9.59 Å². The number of hydrogen-bond acceptors (Lipinski definition) is 5. The molecule has 0 atom stereocenters. The molecule has 4 aromatic rings. The van der Waals surface area contributed by atoms with E-state index in [0.717, 1.165) is 37.1 Å². The van der Waals surface area contributed by atoms with Crippen molar-refractivity contribution in [1.29, 1.82) is 0 Å². The number of nitrogens with one attached hydrogen (secondary N) is 1. The second-order valence-corrected chi connectivity index (χ2v) is 9.92. The van der Waals surface area contributed by atoms with Gasteiger partial charge in [0.2, 0.25) is 5.91 Å². The van der Waals surface area contributed by atoms with E-state index >= 15 is 0 Å². The molecule has 0 bridgehead atoms. The van der Waals surface area contributed by atoms with Gasteiger partial charge in [0.15, 0.2) is 0 Å². The van der Waals surface area contributed by atoms with E-state index in [2.05, 4.69) is 11.4 Å². The van der Waals surface area contributed by atoms with E-state index in [1.807, 2.05) is 23.1 Å². The number of thiazole rings is 1. The van der Waals surface area contributed by atoms with Gasteiger partial charge in [0.05, 0.1) is 16.8 Å². The highest BCUT2D eigenvalue weighted by Crippen LogP contribution is 2.45. The monoisotopic (exact) mass is 467 g/mol. The molecule has 0 aliphatic carbocycles. The Morgan fingerprint density at radius 3 is 2.61 bits per heavy atom. The van der Waals surface area contributed by atoms with Crippen molar-refractivity contribution in [3.63, 3.8) is 0 Å². The van der Waals surface area contributed by atoms with Crippen LogP contribution in [0.15, 0.2) is 48.5 Å². The molecule has 8 heteroatoms. The van der Waals surface area contributed by atoms with E-state index in [4.69, 9.17) is 16.6 Å². The molecule has 5 nitrogen and oxygen atoms in total. The van der Waals surface area contributed by atoms with Crippen LogP contribution in [0.4, 0.5) is 5.00 Å². The summed E-state index contributed by atoms with van der Waals surface area (Å²) in [5, 5.41) is 5.34. The van der Waals surface area contributed by atoms with Crippen LogP contribution in [-0.4, -0.2) is 28.2 Å². The van der Waals surface area contributed by atoms with Gasteiger partial charge in [-0.1, -0.05) is 23.7 Å². The molecule has 0 saturated carbocycles. The highest BCUT2D eigenvalue weighted by molar-refractivity contribution is 7.23. The first-order chi connectivity index (χ1) is 15.0. The van der Waals surface area contributed by atoms with E-state index in [1.54, 1.807) is 42.5 Å². The first-order valence-corrected chi connectivity index (χ1v) is 11.8. The molecule has 1 aliphatic heterocycles. The molecule has 0 fully saturated rings. The zero-order valence-electron chi connectivity index (χ0n) is 16.6. The average molecular weight is 468 g/mol. The van der Waals surface area contributed by atoms with Gasteiger partial charge in [0, 0.05) is 34.5 Å². The maximum absolute atomic E-state index is 12.9. The third-order valence-corrected chi connectivity index (χ3v) is 7.78. The van der Waals surface area contributed by atoms with E-state index in [0.29, 0.717) is 23.7 Å². The van der Waals surface area contributed by atoms with Gasteiger partial charge in [-0.05, 0) is 48.4 Å². The summed E-state index contributed by atoms with van der Waals surface area (Å²) >= 11 is 9.11. The SMILES string of the molecule is CC(=O)N1CCc2c(sc(NC(=O)c3ccc(Cl)cc3)c2-c2nc3ccccc3s2)C1. The lowest BCUT2D eigenvalue weighted by Gasteiger charge is -2.26. The van der Waals surface area contributed by atoms with Crippen LogP contribution in [0, 0.1) is 0 Å². The predicted molar refractivity (Wildman–Crippen MR) is 127 cm³/mol. The van der Waals surface area contributed by atoms with E-state index in [1.165, 1.54) is 16.9 Å². The highest BCUT2D eigenvalue weighted by atomic mass is 35.5. The number of rotatable bonds is 3. The Labute approximate surface area is 192 Å². The first-order valence-electron chi connectivity index (χ1n) is 9.82. The van der Waals surface area contributed by atoms with Gasteiger partial charge < -0.3 is 10.2 Å². The Hall–Kier alpha value is -2.74. The standard InChI is InChI=1S/C23H18ClN3O2S2/c1-13(28)27-11-10-16-19(12-27)31-23(26-21(29)14-6-8-15(24)9-7-14)20(16)22-25-17-4-2-3-5-18(17)30-22/h2-9H,10-12H2,1H3,(H,26,29). The Morgan fingerprint density at radius 2 is 1.87 bits per heavy atom. The van der Waals surface area contributed by atoms with E-state index in [-0.39, 0.29) is 11.8 Å². The number of anilines is 1. The molecule has 0 radical (unpaired) electrons. The zero-order chi connectivity index (χ0) is 21.5. The number of hydrogen-bond donors (Lipinski definition) is 1. The average Bonchev–Trinajstić information content (AvgIpc) is 3.33. The topological polar surface area (TPSA) is 62.3 Å². The van der Waals surface area contributed by atoms with Gasteiger partial charge in [-0.15, -0.1) is 22.7 Å². The number of fused-ring (bicyclic) bond motifs is 2. The van der Waals surface area contributed by atoms with Gasteiger partial charge >= 0.3 is 0 Å². The van der Waals surface area contributed by atoms with Crippen molar-refractivity contribution in [3.8, 4) is 10.6 Å². The van der Waals surface area contributed by atoms with E-state index < -0.39 is 0 Å². The molecule has 1 N–H and O–H groups in total. The molecule has 5 rings (SSSR count). The lowest BCUT2D eigenvalue weighted by molar-refractivity contribution is -0.129. The molecular formula is C23H18ClN3O2S2. The molecule has 0 saturated heterocycles. The fraction of sp³-hybridized carbons (Fsp3) is 0.174. The largest absolute Gasteiger partial charge is 0.337 e. The highest BCUT2D eigenvalue weighted by Gasteiger charge is 2.28. The molecule has 2 amide bonds. The van der Waals surface area contributed by atoms with Crippen molar-refractivity contribution < 1.29 is 9.59 Å². The predicted octanol–water partition coefficient (Wildman–Crippen LogP) is 5.84. The van der Waals surface area contributed by atoms with Crippen molar-refractivity contribution in [2.45, 2.75) is 19.9 Å². The van der Waals surface area contributed by atoms with Gasteiger partial charge in [0.1, 0.15) is 10.0 Å². The summed E-state index contributed by atoms with van der Waals surface area (Å²) in [5.41, 5.74) is 3.63. The summed E-state index contributed by atoms with van der Waals surface area (Å²) in [4.78, 5) is 32.6. The summed E-state index contributed by atoms with van der Waals surface area (Å²) < 4.78 is 1.11. The molecular weight excluding hydrogens is 450 g/mol. The lowest BCUT2D eigenvalue weighted by Crippen LogP contribution is -2.33. The van der Waals surface area contributed by atoms with Crippen LogP contribution >= 0.6 is 34.3 Å². The molecule has 2 aromatic heterocycles. The zero-order valence-corrected chi connectivity index (χ0v) is 19.0. The molecule has 3 heterocycles. The quantitative estimate of drug-likeness (QED) is 0.412. The normalized spacial score (nSPS) is 13.3. The molecule has 2 aromatic carbocycles. The Balaban J connectivity index is 1.58. The van der Waals surface area contributed by atoms with Crippen LogP contribution < -0.4 is 5.32 Å². The molecule has 1 aliphatic rings. The fourth-order valence-electron chi connectivity index (χ4n) is 3.74. The fourth-order valence-corrected chi connectivity index (χ4v) is 6.24. The van der Waals surface area contributed by atoms with Crippen LogP contribution in [0.1, 0.15) is 27.7 Å². The van der Waals surface area contributed by atoms with Crippen molar-refractivity contribution in [1.82, 2.24) is 9.88 Å². The van der Waals surface area contributed by atoms with Gasteiger partial charge in [-0.25, -0.2) is 4.98 Å². The Morgan fingerprint density at radius 1 is 1.10 bits per heavy atom. The van der Waals surface area contributed by atoms with Crippen LogP contribution in [0.2, 0.25) is 5.02 Å². The first kappa shape index (κ1) is 20.2. The van der Waals surface area contributed by atoms with Gasteiger partial charge in [-0.2, -0.15) is 0 Å². The van der Waals surface area contributed by atoms with Crippen molar-refractivity contribution in [3.05, 3.63) is 69.6 Å². The minimum atomic E-state index is -0.193.